The number of carbonyl (C=O) groups excluding carboxylic acids is 11. The van der Waals surface area contributed by atoms with Crippen LogP contribution in [0.2, 0.25) is 0 Å². The van der Waals surface area contributed by atoms with Crippen LogP contribution >= 0.6 is 0 Å². The topological polar surface area (TPSA) is 491 Å². The van der Waals surface area contributed by atoms with Gasteiger partial charge in [0, 0.05) is 13.0 Å². The van der Waals surface area contributed by atoms with Gasteiger partial charge in [0.1, 0.15) is 60.4 Å². The van der Waals surface area contributed by atoms with Crippen LogP contribution < -0.4 is 87.2 Å². The molecule has 11 amide bonds. The van der Waals surface area contributed by atoms with E-state index in [1.165, 1.54) is 27.7 Å². The van der Waals surface area contributed by atoms with Gasteiger partial charge in [0.2, 0.25) is 65.0 Å². The van der Waals surface area contributed by atoms with Crippen molar-refractivity contribution in [1.82, 2.24) is 58.5 Å². The highest BCUT2D eigenvalue weighted by molar-refractivity contribution is 5.99. The molecule has 29 heteroatoms. The molecule has 1 heterocycles. The molecule has 0 aromatic rings. The van der Waals surface area contributed by atoms with Crippen LogP contribution in [0.4, 0.5) is 0 Å². The Labute approximate surface area is 437 Å². The first kappa shape index (κ1) is 66.9. The molecule has 0 bridgehead atoms. The molecule has 0 radical (unpaired) electrons. The molecule has 29 nitrogen and oxygen atoms in total. The van der Waals surface area contributed by atoms with Crippen LogP contribution in [-0.2, 0) is 52.7 Å². The van der Waals surface area contributed by atoms with E-state index < -0.39 is 151 Å². The molecule has 1 aliphatic heterocycles. The van der Waals surface area contributed by atoms with Crippen molar-refractivity contribution in [2.24, 2.45) is 28.7 Å². The van der Waals surface area contributed by atoms with E-state index in [4.69, 9.17) is 28.7 Å². The maximum Gasteiger partial charge on any atom is 0.245 e. The van der Waals surface area contributed by atoms with E-state index in [9.17, 15) is 63.0 Å². The van der Waals surface area contributed by atoms with E-state index in [1.807, 2.05) is 0 Å². The third kappa shape index (κ3) is 24.4. The summed E-state index contributed by atoms with van der Waals surface area (Å²) in [5.41, 5.74) is 28.8. The number of amides is 11. The normalized spacial score (nSPS) is 23.9. The van der Waals surface area contributed by atoms with Gasteiger partial charge in [-0.1, -0.05) is 32.6 Å². The lowest BCUT2D eigenvalue weighted by Crippen LogP contribution is -2.62. The molecular weight excluding hydrogens is 985 g/mol. The lowest BCUT2D eigenvalue weighted by molar-refractivity contribution is -0.137. The number of aliphatic hydroxyl groups is 2. The molecule has 428 valence electrons. The minimum atomic E-state index is -1.68. The largest absolute Gasteiger partial charge is 0.391 e. The number of hydrogen-bond acceptors (Lipinski definition) is 18. The highest BCUT2D eigenvalue weighted by Gasteiger charge is 2.36. The van der Waals surface area contributed by atoms with Crippen LogP contribution in [0.5, 0.6) is 0 Å². The number of aliphatic hydroxyl groups excluding tert-OH is 2. The highest BCUT2D eigenvalue weighted by atomic mass is 16.3. The number of carbonyl (C=O) groups is 11. The summed E-state index contributed by atoms with van der Waals surface area (Å²) in [5, 5.41) is 48.3. The third-order valence-corrected chi connectivity index (χ3v) is 12.0. The van der Waals surface area contributed by atoms with Crippen LogP contribution in [0.25, 0.3) is 0 Å². The summed E-state index contributed by atoms with van der Waals surface area (Å²) in [5.74, 6) is -9.78. The van der Waals surface area contributed by atoms with Gasteiger partial charge in [-0.25, -0.2) is 0 Å². The van der Waals surface area contributed by atoms with Gasteiger partial charge < -0.3 is 97.4 Å². The molecule has 75 heavy (non-hydrogen) atoms. The SMILES string of the molecule is CCCCCCCC(=O)N[C@@H](CCN)C(=O)N[C@H](C(=O)N[C@@H](CCN)C(=O)NC1CCNC(=O)C([C@@H](C)O)NC(=O)[C@H](CCN)NC(=O)[C@H](CCN)NC(=O)[C@H](C)NC(=O)[C@@H](C)NC(=O)C(CCN)NC1=O)[C@@H](C)O. The second-order valence-electron chi connectivity index (χ2n) is 18.5. The average molecular weight is 1070 g/mol. The summed E-state index contributed by atoms with van der Waals surface area (Å²) >= 11 is 0. The van der Waals surface area contributed by atoms with Gasteiger partial charge in [0.25, 0.3) is 0 Å². The molecule has 0 saturated carbocycles. The van der Waals surface area contributed by atoms with Crippen LogP contribution in [-0.4, -0.2) is 187 Å². The van der Waals surface area contributed by atoms with Crippen molar-refractivity contribution in [3.63, 3.8) is 0 Å². The molecule has 0 aliphatic carbocycles. The van der Waals surface area contributed by atoms with Gasteiger partial charge in [-0.15, -0.1) is 0 Å². The molecule has 0 aromatic heterocycles. The van der Waals surface area contributed by atoms with Crippen molar-refractivity contribution in [2.45, 2.75) is 184 Å². The van der Waals surface area contributed by atoms with E-state index in [2.05, 4.69) is 65.4 Å². The van der Waals surface area contributed by atoms with Gasteiger partial charge in [-0.2, -0.15) is 0 Å². The van der Waals surface area contributed by atoms with Crippen molar-refractivity contribution in [2.75, 3.05) is 39.3 Å². The molecule has 0 aromatic carbocycles. The second-order valence-corrected chi connectivity index (χ2v) is 18.5. The second kappa shape index (κ2) is 36.0. The number of rotatable bonds is 25. The first-order valence-electron chi connectivity index (χ1n) is 25.7. The Kier molecular flexibility index (Phi) is 32.1. The van der Waals surface area contributed by atoms with Crippen molar-refractivity contribution in [3.8, 4) is 0 Å². The summed E-state index contributed by atoms with van der Waals surface area (Å²) < 4.78 is 0. The predicted octanol–water partition coefficient (Wildman–Crippen LogP) is -7.74. The Morgan fingerprint density at radius 1 is 0.560 bits per heavy atom. The van der Waals surface area contributed by atoms with Crippen LogP contribution in [0.3, 0.4) is 0 Å². The lowest BCUT2D eigenvalue weighted by atomic mass is 10.1. The minimum Gasteiger partial charge on any atom is -0.391 e. The molecule has 3 unspecified atom stereocenters. The van der Waals surface area contributed by atoms with Crippen LogP contribution in [0.15, 0.2) is 0 Å². The van der Waals surface area contributed by atoms with Gasteiger partial charge >= 0.3 is 0 Å². The van der Waals surface area contributed by atoms with Crippen LogP contribution in [0, 0.1) is 0 Å². The zero-order valence-electron chi connectivity index (χ0n) is 43.9. The van der Waals surface area contributed by atoms with Crippen LogP contribution in [0.1, 0.15) is 112 Å². The summed E-state index contributed by atoms with van der Waals surface area (Å²) in [4.78, 5) is 149. The summed E-state index contributed by atoms with van der Waals surface area (Å²) in [6.45, 7) is 5.93. The summed E-state index contributed by atoms with van der Waals surface area (Å²) in [6, 6.07) is -14.5. The number of nitrogens with one attached hydrogen (secondary N) is 11. The third-order valence-electron chi connectivity index (χ3n) is 12.0. The Morgan fingerprint density at radius 3 is 1.53 bits per heavy atom. The molecule has 1 rings (SSSR count). The predicted molar refractivity (Wildman–Crippen MR) is 273 cm³/mol. The first-order chi connectivity index (χ1) is 35.5. The molecule has 12 atom stereocenters. The lowest BCUT2D eigenvalue weighted by Gasteiger charge is -2.28. The fourth-order valence-corrected chi connectivity index (χ4v) is 7.53. The highest BCUT2D eigenvalue weighted by Crippen LogP contribution is 2.08. The van der Waals surface area contributed by atoms with Crippen molar-refractivity contribution < 1.29 is 63.0 Å². The van der Waals surface area contributed by atoms with Crippen molar-refractivity contribution in [3.05, 3.63) is 0 Å². The van der Waals surface area contributed by atoms with Crippen molar-refractivity contribution >= 4 is 65.0 Å². The maximum absolute atomic E-state index is 14.1. The molecule has 23 N–H and O–H groups in total. The fraction of sp³-hybridized carbons (Fsp3) is 0.761. The van der Waals surface area contributed by atoms with E-state index in [-0.39, 0.29) is 71.2 Å². The number of hydrogen-bond donors (Lipinski definition) is 18. The molecule has 1 aliphatic rings. The molecule has 0 spiro atoms. The Balaban J connectivity index is 3.62. The van der Waals surface area contributed by atoms with E-state index >= 15 is 0 Å². The zero-order chi connectivity index (χ0) is 56.8. The Morgan fingerprint density at radius 2 is 1.03 bits per heavy atom. The number of unbranched alkanes of at least 4 members (excludes halogenated alkanes) is 4. The van der Waals surface area contributed by atoms with Gasteiger partial charge in [0.15, 0.2) is 0 Å². The summed E-state index contributed by atoms with van der Waals surface area (Å²) in [6.07, 6.45) is 0.227. The molecule has 1 saturated heterocycles. The quantitative estimate of drug-likeness (QED) is 0.0378. The monoisotopic (exact) mass is 1070 g/mol. The van der Waals surface area contributed by atoms with Gasteiger partial charge in [-0.3, -0.25) is 52.7 Å². The van der Waals surface area contributed by atoms with Gasteiger partial charge in [0.05, 0.1) is 12.2 Å². The smallest absolute Gasteiger partial charge is 0.245 e. The van der Waals surface area contributed by atoms with E-state index in [0.717, 1.165) is 25.7 Å². The fourth-order valence-electron chi connectivity index (χ4n) is 7.53. The Hall–Kier alpha value is -6.11. The van der Waals surface area contributed by atoms with E-state index in [0.29, 0.717) is 6.42 Å². The standard InChI is InChI=1S/C46H86N16O13/c1-6-7-8-9-10-11-34(65)55-28(12-18-47)43(72)62-36(27(5)64)46(75)60-31(15-21-50)41(70)59-33-17-23-52-45(74)35(26(4)63)61-44(73)32(16-22-51)58-40(69)30(14-20-49)56-38(67)25(3)53-37(66)24(2)54-39(68)29(13-19-48)57-42(33)71/h24-33,35-36,63-64H,6-23,47-51H2,1-5H3,(H,52,74)(H,53,66)(H,54,68)(H,55,65)(H,56,67)(H,57,71)(H,58,69)(H,59,70)(H,60,75)(H,61,73)(H,62,72)/t24-,25+,26-,27-,28+,29?,30+,31+,32+,33?,35?,36+/m1/s1. The maximum atomic E-state index is 14.1. The molecular formula is C46H86N16O13. The average Bonchev–Trinajstić information content (AvgIpc) is 3.34. The van der Waals surface area contributed by atoms with Gasteiger partial charge in [-0.05, 0) is 105 Å². The van der Waals surface area contributed by atoms with Crippen molar-refractivity contribution in [1.29, 1.82) is 0 Å². The Bertz CT molecular complexity index is 1900. The minimum absolute atomic E-state index is 0.00921. The summed E-state index contributed by atoms with van der Waals surface area (Å²) in [7, 11) is 0. The number of nitrogens with two attached hydrogens (primary N) is 5. The zero-order valence-corrected chi connectivity index (χ0v) is 43.9. The first-order valence-corrected chi connectivity index (χ1v) is 25.7. The van der Waals surface area contributed by atoms with E-state index in [1.54, 1.807) is 0 Å². The molecule has 1 fully saturated rings.